The van der Waals surface area contributed by atoms with Crippen LogP contribution in [0.4, 0.5) is 0 Å². The normalized spacial score (nSPS) is 12.7. The second kappa shape index (κ2) is 68.8. The molecule has 0 amide bonds. The van der Waals surface area contributed by atoms with Crippen LogP contribution < -0.4 is 0 Å². The number of hydrogen-bond donors (Lipinski definition) is 0. The van der Waals surface area contributed by atoms with Gasteiger partial charge in [0.1, 0.15) is 13.2 Å². The van der Waals surface area contributed by atoms with Gasteiger partial charge in [0.15, 0.2) is 6.10 Å². The maximum absolute atomic E-state index is 12.9. The Kier molecular flexibility index (Phi) is 65.7. The van der Waals surface area contributed by atoms with Crippen molar-refractivity contribution in [1.29, 1.82) is 0 Å². The van der Waals surface area contributed by atoms with E-state index in [0.717, 1.165) is 116 Å². The molecule has 1 unspecified atom stereocenters. The van der Waals surface area contributed by atoms with Gasteiger partial charge in [-0.3, -0.25) is 14.4 Å². The molecule has 0 aliphatic heterocycles. The minimum atomic E-state index is -0.783. The molecule has 6 heteroatoms. The molecule has 0 aromatic heterocycles. The van der Waals surface area contributed by atoms with Crippen molar-refractivity contribution in [1.82, 2.24) is 0 Å². The first-order valence-electron chi connectivity index (χ1n) is 34.7. The zero-order chi connectivity index (χ0) is 58.5. The number of carbonyl (C=O) groups excluding carboxylic acids is 3. The predicted molar refractivity (Wildman–Crippen MR) is 353 cm³/mol. The minimum Gasteiger partial charge on any atom is -0.462 e. The summed E-state index contributed by atoms with van der Waals surface area (Å²) in [6.07, 6.45) is 92.8. The molecule has 0 aliphatic rings. The van der Waals surface area contributed by atoms with E-state index < -0.39 is 6.10 Å². The molecule has 81 heavy (non-hydrogen) atoms. The van der Waals surface area contributed by atoms with Gasteiger partial charge in [0, 0.05) is 19.3 Å². The summed E-state index contributed by atoms with van der Waals surface area (Å²) >= 11 is 0. The van der Waals surface area contributed by atoms with Crippen LogP contribution in [0.1, 0.15) is 342 Å². The van der Waals surface area contributed by atoms with Crippen molar-refractivity contribution in [2.24, 2.45) is 0 Å². The molecule has 0 aliphatic carbocycles. The largest absolute Gasteiger partial charge is 0.462 e. The van der Waals surface area contributed by atoms with E-state index in [1.807, 2.05) is 0 Å². The Labute approximate surface area is 502 Å². The molecule has 0 fully saturated rings. The van der Waals surface area contributed by atoms with Crippen LogP contribution in [-0.4, -0.2) is 37.2 Å². The molecule has 1 atom stereocenters. The lowest BCUT2D eigenvalue weighted by molar-refractivity contribution is -0.167. The van der Waals surface area contributed by atoms with E-state index in [9.17, 15) is 14.4 Å². The predicted octanol–water partition coefficient (Wildman–Crippen LogP) is 24.0. The Balaban J connectivity index is 4.29. The molecule has 0 radical (unpaired) electrons. The zero-order valence-electron chi connectivity index (χ0n) is 53.5. The lowest BCUT2D eigenvalue weighted by Crippen LogP contribution is -2.30. The number of allylic oxidation sites excluding steroid dienone is 16. The average Bonchev–Trinajstić information content (AvgIpc) is 3.47. The summed E-state index contributed by atoms with van der Waals surface area (Å²) in [4.78, 5) is 38.4. The van der Waals surface area contributed by atoms with E-state index in [2.05, 4.69) is 118 Å². The van der Waals surface area contributed by atoms with Gasteiger partial charge in [-0.2, -0.15) is 0 Å². The van der Waals surface area contributed by atoms with Gasteiger partial charge in [-0.15, -0.1) is 0 Å². The lowest BCUT2D eigenvalue weighted by atomic mass is 10.0. The fourth-order valence-corrected chi connectivity index (χ4v) is 9.89. The van der Waals surface area contributed by atoms with E-state index in [1.165, 1.54) is 186 Å². The maximum Gasteiger partial charge on any atom is 0.306 e. The second-order valence-corrected chi connectivity index (χ2v) is 23.1. The number of unbranched alkanes of at least 4 members (excludes halogenated alkanes) is 36. The molecule has 466 valence electrons. The van der Waals surface area contributed by atoms with E-state index in [0.29, 0.717) is 19.3 Å². The van der Waals surface area contributed by atoms with Crippen LogP contribution in [0.5, 0.6) is 0 Å². The summed E-state index contributed by atoms with van der Waals surface area (Å²) < 4.78 is 17.0. The Morgan fingerprint density at radius 1 is 0.259 bits per heavy atom. The van der Waals surface area contributed by atoms with E-state index in [4.69, 9.17) is 14.2 Å². The van der Waals surface area contributed by atoms with Crippen molar-refractivity contribution < 1.29 is 28.6 Å². The van der Waals surface area contributed by atoms with Crippen LogP contribution in [0.15, 0.2) is 97.2 Å². The number of carbonyl (C=O) groups is 3. The highest BCUT2D eigenvalue weighted by atomic mass is 16.6. The summed E-state index contributed by atoms with van der Waals surface area (Å²) in [5.41, 5.74) is 0. The van der Waals surface area contributed by atoms with Gasteiger partial charge in [0.2, 0.25) is 0 Å². The molecule has 0 saturated heterocycles. The summed E-state index contributed by atoms with van der Waals surface area (Å²) in [6, 6.07) is 0. The smallest absolute Gasteiger partial charge is 0.306 e. The van der Waals surface area contributed by atoms with E-state index in [1.54, 1.807) is 0 Å². The quantitative estimate of drug-likeness (QED) is 0.0261. The van der Waals surface area contributed by atoms with E-state index >= 15 is 0 Å². The molecule has 0 spiro atoms. The van der Waals surface area contributed by atoms with Crippen LogP contribution in [-0.2, 0) is 28.6 Å². The number of rotatable bonds is 63. The van der Waals surface area contributed by atoms with Crippen LogP contribution in [0.25, 0.3) is 0 Å². The van der Waals surface area contributed by atoms with Crippen molar-refractivity contribution >= 4 is 17.9 Å². The van der Waals surface area contributed by atoms with Gasteiger partial charge in [0.05, 0.1) is 0 Å². The standard InChI is InChI=1S/C75H130O6/c1-4-7-10-13-16-19-22-25-28-30-32-33-34-35-36-37-38-39-40-41-42-43-44-46-47-50-53-56-59-62-65-68-74(77)80-71-72(70-79-73(76)67-64-61-58-55-52-49-27-24-21-18-15-12-9-6-3)81-75(78)69-66-63-60-57-54-51-48-45-31-29-26-23-20-17-14-11-8-5-2/h7,10,16,19,24-25,27-28,32-33,35-36,38-39,41-42,72H,4-6,8-9,11-15,17-18,20-23,26,29-31,34,37,40,43-71H2,1-3H3/b10-7-,19-16-,27-24-,28-25-,33-32-,36-35-,39-38-,42-41-. The third-order valence-corrected chi connectivity index (χ3v) is 15.1. The molecule has 0 aromatic rings. The SMILES string of the molecule is CC/C=C\C/C=C\C/C=C\C/C=C\C/C=C\C/C=C\C/C=C\CCCCCCCCCCCC(=O)OCC(COC(=O)CCCCCCC/C=C\CCCCCCC)OC(=O)CCCCCCCCCCCCCCCCCCCC. The molecule has 0 rings (SSSR count). The van der Waals surface area contributed by atoms with Crippen LogP contribution in [0.3, 0.4) is 0 Å². The first-order valence-corrected chi connectivity index (χ1v) is 34.7. The molecule has 0 bridgehead atoms. The highest BCUT2D eigenvalue weighted by molar-refractivity contribution is 5.71. The zero-order valence-corrected chi connectivity index (χ0v) is 53.5. The number of ether oxygens (including phenoxy) is 3. The highest BCUT2D eigenvalue weighted by Crippen LogP contribution is 2.17. The summed E-state index contributed by atoms with van der Waals surface area (Å²) in [5, 5.41) is 0. The summed E-state index contributed by atoms with van der Waals surface area (Å²) in [7, 11) is 0. The molecule has 6 nitrogen and oxygen atoms in total. The monoisotopic (exact) mass is 1130 g/mol. The van der Waals surface area contributed by atoms with Gasteiger partial charge in [0.25, 0.3) is 0 Å². The fourth-order valence-electron chi connectivity index (χ4n) is 9.89. The number of esters is 3. The number of hydrogen-bond acceptors (Lipinski definition) is 6. The second-order valence-electron chi connectivity index (χ2n) is 23.1. The summed E-state index contributed by atoms with van der Waals surface area (Å²) in [5.74, 6) is -0.876. The van der Waals surface area contributed by atoms with Gasteiger partial charge < -0.3 is 14.2 Å². The Morgan fingerprint density at radius 2 is 0.481 bits per heavy atom. The molecular weight excluding hydrogens is 997 g/mol. The third kappa shape index (κ3) is 67.0. The molecular formula is C75H130O6. The van der Waals surface area contributed by atoms with Crippen LogP contribution >= 0.6 is 0 Å². The van der Waals surface area contributed by atoms with Crippen LogP contribution in [0.2, 0.25) is 0 Å². The molecule has 0 aromatic carbocycles. The molecule has 0 heterocycles. The maximum atomic E-state index is 12.9. The van der Waals surface area contributed by atoms with Gasteiger partial charge in [-0.1, -0.05) is 317 Å². The first-order chi connectivity index (χ1) is 40.0. The topological polar surface area (TPSA) is 78.9 Å². The Bertz CT molecular complexity index is 1580. The fraction of sp³-hybridized carbons (Fsp3) is 0.747. The minimum absolute atomic E-state index is 0.0797. The third-order valence-electron chi connectivity index (χ3n) is 15.1. The Morgan fingerprint density at radius 3 is 0.765 bits per heavy atom. The lowest BCUT2D eigenvalue weighted by Gasteiger charge is -2.18. The van der Waals surface area contributed by atoms with Gasteiger partial charge in [-0.05, 0) is 103 Å². The molecule has 0 N–H and O–H groups in total. The highest BCUT2D eigenvalue weighted by Gasteiger charge is 2.19. The van der Waals surface area contributed by atoms with Gasteiger partial charge >= 0.3 is 17.9 Å². The van der Waals surface area contributed by atoms with Crippen molar-refractivity contribution in [3.05, 3.63) is 97.2 Å². The molecule has 0 saturated carbocycles. The average molecular weight is 1130 g/mol. The van der Waals surface area contributed by atoms with E-state index in [-0.39, 0.29) is 31.1 Å². The van der Waals surface area contributed by atoms with Gasteiger partial charge in [-0.25, -0.2) is 0 Å². The van der Waals surface area contributed by atoms with Crippen molar-refractivity contribution in [2.75, 3.05) is 13.2 Å². The Hall–Kier alpha value is -3.67. The first kappa shape index (κ1) is 77.3. The van der Waals surface area contributed by atoms with Crippen molar-refractivity contribution in [3.8, 4) is 0 Å². The summed E-state index contributed by atoms with van der Waals surface area (Å²) in [6.45, 7) is 6.55. The van der Waals surface area contributed by atoms with Crippen molar-refractivity contribution in [2.45, 2.75) is 348 Å². The van der Waals surface area contributed by atoms with Crippen molar-refractivity contribution in [3.63, 3.8) is 0 Å². The van der Waals surface area contributed by atoms with Crippen LogP contribution in [0, 0.1) is 0 Å².